The molecule has 0 fully saturated rings. The summed E-state index contributed by atoms with van der Waals surface area (Å²) in [4.78, 5) is 0.482. The summed E-state index contributed by atoms with van der Waals surface area (Å²) in [6, 6.07) is 6.36. The Balaban J connectivity index is 0.00000144. The van der Waals surface area contributed by atoms with Gasteiger partial charge in [0.05, 0.1) is 7.11 Å². The number of thiol groups is 1. The molecule has 0 aliphatic carbocycles. The first-order chi connectivity index (χ1) is 5.58. The van der Waals surface area contributed by atoms with Crippen molar-refractivity contribution in [2.45, 2.75) is 9.79 Å². The molecule has 1 aromatic rings. The quantitative estimate of drug-likeness (QED) is 0.464. The van der Waals surface area contributed by atoms with E-state index in [2.05, 4.69) is 16.8 Å². The Morgan fingerprint density at radius 1 is 1.31 bits per heavy atom. The average Bonchev–Trinajstić information content (AvgIpc) is 2.05. The van der Waals surface area contributed by atoms with E-state index in [0.717, 1.165) is 7.11 Å². The minimum atomic E-state index is -3.61. The largest absolute Gasteiger partial charge is 0.297 e. The SMILES string of the molecule is COS(=O)(=O)c1ccccc1S.[Na]. The molecule has 0 spiro atoms. The van der Waals surface area contributed by atoms with Crippen LogP contribution in [0.2, 0.25) is 0 Å². The number of hydrogen-bond donors (Lipinski definition) is 1. The van der Waals surface area contributed by atoms with E-state index in [1.807, 2.05) is 0 Å². The van der Waals surface area contributed by atoms with Crippen LogP contribution in [0.3, 0.4) is 0 Å². The molecule has 3 nitrogen and oxygen atoms in total. The van der Waals surface area contributed by atoms with E-state index in [-0.39, 0.29) is 34.5 Å². The summed E-state index contributed by atoms with van der Waals surface area (Å²) >= 11 is 3.99. The van der Waals surface area contributed by atoms with Crippen molar-refractivity contribution >= 4 is 52.3 Å². The Morgan fingerprint density at radius 3 is 2.31 bits per heavy atom. The molecule has 0 aliphatic heterocycles. The molecule has 67 valence electrons. The summed E-state index contributed by atoms with van der Waals surface area (Å²) in [6.07, 6.45) is 0. The van der Waals surface area contributed by atoms with Crippen LogP contribution in [0.4, 0.5) is 0 Å². The summed E-state index contributed by atoms with van der Waals surface area (Å²) < 4.78 is 26.6. The van der Waals surface area contributed by atoms with Crippen LogP contribution >= 0.6 is 12.6 Å². The molecule has 0 saturated heterocycles. The summed E-state index contributed by atoms with van der Waals surface area (Å²) in [6.45, 7) is 0. The van der Waals surface area contributed by atoms with Gasteiger partial charge in [-0.3, -0.25) is 4.18 Å². The molecule has 6 heteroatoms. The molecule has 0 bridgehead atoms. The van der Waals surface area contributed by atoms with Crippen molar-refractivity contribution in [1.82, 2.24) is 0 Å². The van der Waals surface area contributed by atoms with Gasteiger partial charge in [-0.15, -0.1) is 12.6 Å². The number of benzene rings is 1. The maximum atomic E-state index is 11.2. The predicted molar refractivity (Wildman–Crippen MR) is 53.6 cm³/mol. The predicted octanol–water partition coefficient (Wildman–Crippen LogP) is 0.930. The molecule has 1 rings (SSSR count). The van der Waals surface area contributed by atoms with E-state index in [0.29, 0.717) is 4.90 Å². The minimum absolute atomic E-state index is 0. The first kappa shape index (κ1) is 13.5. The van der Waals surface area contributed by atoms with E-state index in [4.69, 9.17) is 0 Å². The van der Waals surface area contributed by atoms with Gasteiger partial charge in [0, 0.05) is 34.5 Å². The van der Waals surface area contributed by atoms with Crippen LogP contribution in [0.25, 0.3) is 0 Å². The molecule has 13 heavy (non-hydrogen) atoms. The third kappa shape index (κ3) is 3.27. The Morgan fingerprint density at radius 2 is 1.85 bits per heavy atom. The fourth-order valence-corrected chi connectivity index (χ4v) is 2.00. The smallest absolute Gasteiger partial charge is 0.270 e. The summed E-state index contributed by atoms with van der Waals surface area (Å²) in [5, 5.41) is 0. The zero-order chi connectivity index (χ0) is 9.19. The third-order valence-corrected chi connectivity index (χ3v) is 3.23. The minimum Gasteiger partial charge on any atom is -0.270 e. The van der Waals surface area contributed by atoms with Gasteiger partial charge < -0.3 is 0 Å². The second-order valence-corrected chi connectivity index (χ2v) is 4.25. The molecule has 1 aromatic carbocycles. The Bertz CT molecular complexity index is 375. The van der Waals surface area contributed by atoms with E-state index in [1.54, 1.807) is 18.2 Å². The monoisotopic (exact) mass is 227 g/mol. The molecule has 0 aliphatic rings. The van der Waals surface area contributed by atoms with Crippen LogP contribution in [0.1, 0.15) is 0 Å². The van der Waals surface area contributed by atoms with Crippen molar-refractivity contribution in [1.29, 1.82) is 0 Å². The van der Waals surface area contributed by atoms with Gasteiger partial charge in [0.25, 0.3) is 10.1 Å². The second kappa shape index (κ2) is 5.38. The van der Waals surface area contributed by atoms with E-state index in [9.17, 15) is 8.42 Å². The van der Waals surface area contributed by atoms with Crippen LogP contribution in [0.5, 0.6) is 0 Å². The van der Waals surface area contributed by atoms with Gasteiger partial charge in [0.15, 0.2) is 0 Å². The van der Waals surface area contributed by atoms with E-state index in [1.165, 1.54) is 6.07 Å². The normalized spacial score (nSPS) is 10.6. The number of hydrogen-bond acceptors (Lipinski definition) is 4. The average molecular weight is 227 g/mol. The van der Waals surface area contributed by atoms with Crippen LogP contribution in [-0.2, 0) is 14.3 Å². The maximum absolute atomic E-state index is 11.2. The van der Waals surface area contributed by atoms with Gasteiger partial charge in [-0.25, -0.2) is 0 Å². The molecular weight excluding hydrogens is 219 g/mol. The van der Waals surface area contributed by atoms with Crippen molar-refractivity contribution in [2.24, 2.45) is 0 Å². The van der Waals surface area contributed by atoms with Crippen LogP contribution in [-0.4, -0.2) is 45.1 Å². The fourth-order valence-electron chi connectivity index (χ4n) is 0.758. The van der Waals surface area contributed by atoms with Gasteiger partial charge in [-0.05, 0) is 12.1 Å². The zero-order valence-electron chi connectivity index (χ0n) is 7.39. The molecular formula is C7H8NaO3S2. The molecule has 0 unspecified atom stereocenters. The van der Waals surface area contributed by atoms with Crippen molar-refractivity contribution in [3.8, 4) is 0 Å². The van der Waals surface area contributed by atoms with Crippen LogP contribution in [0.15, 0.2) is 34.1 Å². The number of rotatable bonds is 2. The third-order valence-electron chi connectivity index (χ3n) is 1.35. The molecule has 1 radical (unpaired) electrons. The zero-order valence-corrected chi connectivity index (χ0v) is 11.1. The molecule has 0 amide bonds. The van der Waals surface area contributed by atoms with E-state index < -0.39 is 10.1 Å². The molecule has 0 atom stereocenters. The first-order valence-corrected chi connectivity index (χ1v) is 5.02. The van der Waals surface area contributed by atoms with Gasteiger partial charge >= 0.3 is 0 Å². The molecule has 0 N–H and O–H groups in total. The standard InChI is InChI=1S/C7H8O3S2.Na/c1-10-12(8,9)7-5-3-2-4-6(7)11;/h2-5,11H,1H3;. The van der Waals surface area contributed by atoms with Crippen LogP contribution in [0, 0.1) is 0 Å². The topological polar surface area (TPSA) is 43.4 Å². The molecule has 0 heterocycles. The summed E-state index contributed by atoms with van der Waals surface area (Å²) in [5.41, 5.74) is 0. The molecule has 0 saturated carbocycles. The van der Waals surface area contributed by atoms with E-state index >= 15 is 0 Å². The molecule has 0 aromatic heterocycles. The van der Waals surface area contributed by atoms with Crippen molar-refractivity contribution < 1.29 is 12.6 Å². The Kier molecular flexibility index (Phi) is 5.58. The summed E-state index contributed by atoms with van der Waals surface area (Å²) in [5.74, 6) is 0. The fraction of sp³-hybridized carbons (Fsp3) is 0.143. The van der Waals surface area contributed by atoms with Crippen molar-refractivity contribution in [3.63, 3.8) is 0 Å². The Hall–Kier alpha value is 0.480. The van der Waals surface area contributed by atoms with Crippen molar-refractivity contribution in [3.05, 3.63) is 24.3 Å². The second-order valence-electron chi connectivity index (χ2n) is 2.09. The van der Waals surface area contributed by atoms with Crippen molar-refractivity contribution in [2.75, 3.05) is 7.11 Å². The summed E-state index contributed by atoms with van der Waals surface area (Å²) in [7, 11) is -2.48. The van der Waals surface area contributed by atoms with Gasteiger partial charge in [-0.2, -0.15) is 8.42 Å². The maximum Gasteiger partial charge on any atom is 0.297 e. The van der Waals surface area contributed by atoms with Gasteiger partial charge in [0.2, 0.25) is 0 Å². The van der Waals surface area contributed by atoms with Gasteiger partial charge in [0.1, 0.15) is 4.90 Å². The first-order valence-electron chi connectivity index (χ1n) is 3.16. The van der Waals surface area contributed by atoms with Gasteiger partial charge in [-0.1, -0.05) is 12.1 Å². The van der Waals surface area contributed by atoms with Crippen LogP contribution < -0.4 is 0 Å². The Labute approximate surface area is 105 Å².